The highest BCUT2D eigenvalue weighted by atomic mass is 16.5. The zero-order chi connectivity index (χ0) is 17.6. The zero-order valence-corrected chi connectivity index (χ0v) is 14.3. The first-order valence-electron chi connectivity index (χ1n) is 7.70. The molecule has 3 aromatic rings. The highest BCUT2D eigenvalue weighted by Gasteiger charge is 2.12. The molecule has 0 aliphatic rings. The number of hydrogen-bond donors (Lipinski definition) is 1. The maximum absolute atomic E-state index is 5.33. The molecule has 0 spiro atoms. The molecule has 0 aliphatic heterocycles. The van der Waals surface area contributed by atoms with E-state index >= 15 is 0 Å². The van der Waals surface area contributed by atoms with E-state index in [0.29, 0.717) is 23.1 Å². The van der Waals surface area contributed by atoms with Crippen LogP contribution in [0.25, 0.3) is 10.9 Å². The van der Waals surface area contributed by atoms with Crippen molar-refractivity contribution in [1.82, 2.24) is 4.98 Å². The normalized spacial score (nSPS) is 10.8. The third-order valence-electron chi connectivity index (χ3n) is 3.68. The van der Waals surface area contributed by atoms with Crippen molar-refractivity contribution in [2.75, 3.05) is 26.8 Å². The summed E-state index contributed by atoms with van der Waals surface area (Å²) in [7, 11) is 4.73. The lowest BCUT2D eigenvalue weighted by Gasteiger charge is -2.12. The third-order valence-corrected chi connectivity index (χ3v) is 3.68. The molecule has 0 saturated carbocycles. The number of ether oxygens (including phenoxy) is 3. The number of para-hydroxylation sites is 1. The maximum atomic E-state index is 5.33. The average molecular weight is 337 g/mol. The maximum Gasteiger partial charge on any atom is 0.203 e. The van der Waals surface area contributed by atoms with E-state index < -0.39 is 0 Å². The number of methoxy groups -OCH3 is 3. The number of pyridine rings is 1. The molecule has 1 N–H and O–H groups in total. The van der Waals surface area contributed by atoms with Crippen LogP contribution in [0.1, 0.15) is 5.56 Å². The Bertz CT molecular complexity index is 884. The minimum absolute atomic E-state index is 0.548. The van der Waals surface area contributed by atoms with E-state index in [-0.39, 0.29) is 0 Å². The number of anilines is 1. The second-order valence-electron chi connectivity index (χ2n) is 5.22. The molecule has 25 heavy (non-hydrogen) atoms. The van der Waals surface area contributed by atoms with Crippen molar-refractivity contribution >= 4 is 22.9 Å². The molecule has 6 heteroatoms. The Kier molecular flexibility index (Phi) is 4.99. The summed E-state index contributed by atoms with van der Waals surface area (Å²) in [6, 6.07) is 15.4. The van der Waals surface area contributed by atoms with Crippen LogP contribution in [-0.4, -0.2) is 32.5 Å². The zero-order valence-electron chi connectivity index (χ0n) is 14.3. The molecule has 0 radical (unpaired) electrons. The summed E-state index contributed by atoms with van der Waals surface area (Å²) in [5.74, 6) is 2.37. The smallest absolute Gasteiger partial charge is 0.203 e. The van der Waals surface area contributed by atoms with E-state index in [1.807, 2.05) is 48.5 Å². The topological polar surface area (TPSA) is 65.0 Å². The van der Waals surface area contributed by atoms with E-state index in [1.165, 1.54) is 0 Å². The van der Waals surface area contributed by atoms with Crippen molar-refractivity contribution in [2.45, 2.75) is 0 Å². The first-order chi connectivity index (χ1) is 12.2. The van der Waals surface area contributed by atoms with Gasteiger partial charge in [-0.3, -0.25) is 5.43 Å². The lowest BCUT2D eigenvalue weighted by atomic mass is 10.2. The van der Waals surface area contributed by atoms with Crippen LogP contribution in [0, 0.1) is 0 Å². The van der Waals surface area contributed by atoms with Crippen LogP contribution in [0.5, 0.6) is 17.2 Å². The number of nitrogens with one attached hydrogen (secondary N) is 1. The number of rotatable bonds is 6. The van der Waals surface area contributed by atoms with Gasteiger partial charge in [-0.05, 0) is 30.3 Å². The largest absolute Gasteiger partial charge is 0.493 e. The average Bonchev–Trinajstić information content (AvgIpc) is 2.67. The van der Waals surface area contributed by atoms with E-state index in [0.717, 1.165) is 16.5 Å². The standard InChI is InChI=1S/C19H19N3O3/c1-23-16-10-13(11-17(24-2)19(16)25-3)12-20-22-18-9-8-14-6-4-5-7-15(14)21-18/h4-12H,1-3H3,(H,21,22)/b20-12-. The van der Waals surface area contributed by atoms with Gasteiger partial charge in [0.15, 0.2) is 11.5 Å². The van der Waals surface area contributed by atoms with Crippen LogP contribution >= 0.6 is 0 Å². The Morgan fingerprint density at radius 3 is 2.32 bits per heavy atom. The number of nitrogens with zero attached hydrogens (tertiary/aromatic N) is 2. The highest BCUT2D eigenvalue weighted by molar-refractivity contribution is 5.83. The second-order valence-corrected chi connectivity index (χ2v) is 5.22. The van der Waals surface area contributed by atoms with Gasteiger partial charge in [-0.2, -0.15) is 5.10 Å². The van der Waals surface area contributed by atoms with Crippen molar-refractivity contribution in [3.63, 3.8) is 0 Å². The summed E-state index contributed by atoms with van der Waals surface area (Å²) in [4.78, 5) is 4.51. The lowest BCUT2D eigenvalue weighted by Crippen LogP contribution is -1.98. The van der Waals surface area contributed by atoms with Crippen LogP contribution < -0.4 is 19.6 Å². The van der Waals surface area contributed by atoms with E-state index in [9.17, 15) is 0 Å². The summed E-state index contributed by atoms with van der Waals surface area (Å²) in [5, 5.41) is 5.32. The van der Waals surface area contributed by atoms with Crippen molar-refractivity contribution in [1.29, 1.82) is 0 Å². The second kappa shape index (κ2) is 7.53. The number of hydrogen-bond acceptors (Lipinski definition) is 6. The van der Waals surface area contributed by atoms with Crippen molar-refractivity contribution < 1.29 is 14.2 Å². The molecule has 6 nitrogen and oxygen atoms in total. The van der Waals surface area contributed by atoms with Gasteiger partial charge in [0.05, 0.1) is 33.1 Å². The minimum Gasteiger partial charge on any atom is -0.493 e. The molecule has 128 valence electrons. The summed E-state index contributed by atoms with van der Waals surface area (Å²) in [6.07, 6.45) is 1.67. The molecule has 0 bridgehead atoms. The minimum atomic E-state index is 0.548. The van der Waals surface area contributed by atoms with Gasteiger partial charge < -0.3 is 14.2 Å². The first kappa shape index (κ1) is 16.6. The fourth-order valence-electron chi connectivity index (χ4n) is 2.48. The Morgan fingerprint density at radius 2 is 1.64 bits per heavy atom. The molecule has 3 rings (SSSR count). The van der Waals surface area contributed by atoms with E-state index in [4.69, 9.17) is 14.2 Å². The van der Waals surface area contributed by atoms with Crippen molar-refractivity contribution in [3.05, 3.63) is 54.1 Å². The fourth-order valence-corrected chi connectivity index (χ4v) is 2.48. The van der Waals surface area contributed by atoms with Gasteiger partial charge in [0.1, 0.15) is 5.82 Å². The summed E-state index contributed by atoms with van der Waals surface area (Å²) >= 11 is 0. The van der Waals surface area contributed by atoms with Crippen LogP contribution in [0.4, 0.5) is 5.82 Å². The Balaban J connectivity index is 1.81. The molecule has 0 aliphatic carbocycles. The van der Waals surface area contributed by atoms with Crippen molar-refractivity contribution in [3.8, 4) is 17.2 Å². The molecule has 1 heterocycles. The van der Waals surface area contributed by atoms with E-state index in [2.05, 4.69) is 15.5 Å². The van der Waals surface area contributed by atoms with Gasteiger partial charge >= 0.3 is 0 Å². The van der Waals surface area contributed by atoms with Crippen molar-refractivity contribution in [2.24, 2.45) is 5.10 Å². The van der Waals surface area contributed by atoms with Crippen LogP contribution in [0.15, 0.2) is 53.6 Å². The number of fused-ring (bicyclic) bond motifs is 1. The Labute approximate surface area is 146 Å². The predicted molar refractivity (Wildman–Crippen MR) is 99.1 cm³/mol. The van der Waals surface area contributed by atoms with E-state index in [1.54, 1.807) is 27.5 Å². The van der Waals surface area contributed by atoms with Crippen LogP contribution in [-0.2, 0) is 0 Å². The third kappa shape index (κ3) is 3.63. The van der Waals surface area contributed by atoms with Gasteiger partial charge in [0, 0.05) is 10.9 Å². The highest BCUT2D eigenvalue weighted by Crippen LogP contribution is 2.37. The van der Waals surface area contributed by atoms with Gasteiger partial charge in [0.2, 0.25) is 5.75 Å². The molecule has 0 amide bonds. The number of aromatic nitrogens is 1. The summed E-state index contributed by atoms with van der Waals surface area (Å²) < 4.78 is 16.0. The van der Waals surface area contributed by atoms with Gasteiger partial charge in [-0.15, -0.1) is 0 Å². The van der Waals surface area contributed by atoms with Crippen LogP contribution in [0.2, 0.25) is 0 Å². The lowest BCUT2D eigenvalue weighted by molar-refractivity contribution is 0.324. The molecule has 0 atom stereocenters. The summed E-state index contributed by atoms with van der Waals surface area (Å²) in [6.45, 7) is 0. The molecule has 2 aromatic carbocycles. The molecular weight excluding hydrogens is 318 g/mol. The van der Waals surface area contributed by atoms with Gasteiger partial charge in [0.25, 0.3) is 0 Å². The quantitative estimate of drug-likeness (QED) is 0.549. The SMILES string of the molecule is COc1cc(/C=N\Nc2ccc3ccccc3n2)cc(OC)c1OC. The van der Waals surface area contributed by atoms with Crippen LogP contribution in [0.3, 0.4) is 0 Å². The Morgan fingerprint density at radius 1 is 0.920 bits per heavy atom. The number of benzene rings is 2. The molecule has 1 aromatic heterocycles. The molecule has 0 unspecified atom stereocenters. The predicted octanol–water partition coefficient (Wildman–Crippen LogP) is 3.71. The number of hydrazone groups is 1. The molecule has 0 fully saturated rings. The molecule has 0 saturated heterocycles. The van der Waals surface area contributed by atoms with Gasteiger partial charge in [-0.25, -0.2) is 4.98 Å². The molecular formula is C19H19N3O3. The summed E-state index contributed by atoms with van der Waals surface area (Å²) in [5.41, 5.74) is 4.65. The fraction of sp³-hybridized carbons (Fsp3) is 0.158. The monoisotopic (exact) mass is 337 g/mol. The van der Waals surface area contributed by atoms with Gasteiger partial charge in [-0.1, -0.05) is 18.2 Å². The Hall–Kier alpha value is -3.28. The first-order valence-corrected chi connectivity index (χ1v) is 7.70.